The zero-order valence-corrected chi connectivity index (χ0v) is 12.4. The predicted octanol–water partition coefficient (Wildman–Crippen LogP) is 0.429. The first kappa shape index (κ1) is 16.2. The summed E-state index contributed by atoms with van der Waals surface area (Å²) in [5, 5.41) is 1.11. The maximum Gasteiger partial charge on any atom is 0.277 e. The molecule has 1 aliphatic rings. The van der Waals surface area contributed by atoms with Gasteiger partial charge in [-0.1, -0.05) is 0 Å². The van der Waals surface area contributed by atoms with Crippen molar-refractivity contribution in [2.24, 2.45) is 0 Å². The Morgan fingerprint density at radius 2 is 2.10 bits per heavy atom. The van der Waals surface area contributed by atoms with Gasteiger partial charge < -0.3 is 9.80 Å². The quantitative estimate of drug-likeness (QED) is 0.521. The topological polar surface area (TPSA) is 53.1 Å². The van der Waals surface area contributed by atoms with Gasteiger partial charge in [-0.2, -0.15) is 0 Å². The molecule has 0 aliphatic carbocycles. The molecule has 1 aliphatic heterocycles. The van der Waals surface area contributed by atoms with Gasteiger partial charge in [0, 0.05) is 25.4 Å². The summed E-state index contributed by atoms with van der Waals surface area (Å²) in [4.78, 5) is 31.6. The lowest BCUT2D eigenvalue weighted by molar-refractivity contribution is -0.163. The van der Waals surface area contributed by atoms with Crippen molar-refractivity contribution in [3.8, 4) is 0 Å². The molecule has 1 heterocycles. The third-order valence-electron chi connectivity index (χ3n) is 2.95. The fourth-order valence-electron chi connectivity index (χ4n) is 1.77. The van der Waals surface area contributed by atoms with Crippen molar-refractivity contribution in [1.29, 1.82) is 0 Å². The molecular weight excluding hydrogens is 258 g/mol. The van der Waals surface area contributed by atoms with E-state index in [4.69, 9.17) is 4.84 Å². The molecule has 0 saturated heterocycles. The Morgan fingerprint density at radius 3 is 2.65 bits per heavy atom. The first-order valence-corrected chi connectivity index (χ1v) is 6.38. The van der Waals surface area contributed by atoms with E-state index in [1.807, 2.05) is 20.0 Å². The molecule has 1 amide bonds. The summed E-state index contributed by atoms with van der Waals surface area (Å²) in [6.45, 7) is 1.63. The van der Waals surface area contributed by atoms with Crippen LogP contribution in [-0.4, -0.2) is 68.1 Å². The van der Waals surface area contributed by atoms with Gasteiger partial charge in [0.15, 0.2) is 5.94 Å². The zero-order chi connectivity index (χ0) is 15.1. The van der Waals surface area contributed by atoms with Crippen molar-refractivity contribution < 1.29 is 14.4 Å². The summed E-state index contributed by atoms with van der Waals surface area (Å²) in [5.41, 5.74) is 0.760. The molecule has 0 atom stereocenters. The van der Waals surface area contributed by atoms with Crippen LogP contribution in [0, 0.1) is 0 Å². The minimum Gasteiger partial charge on any atom is -0.339 e. The van der Waals surface area contributed by atoms with Crippen LogP contribution in [0.25, 0.3) is 0 Å². The Kier molecular flexibility index (Phi) is 6.18. The molecule has 0 spiro atoms. The van der Waals surface area contributed by atoms with Gasteiger partial charge in [-0.3, -0.25) is 9.63 Å². The number of rotatable bonds is 6. The van der Waals surface area contributed by atoms with Crippen LogP contribution >= 0.6 is 0 Å². The first-order chi connectivity index (χ1) is 9.49. The summed E-state index contributed by atoms with van der Waals surface area (Å²) >= 11 is 0. The lowest BCUT2D eigenvalue weighted by atomic mass is 10.1. The SMILES string of the molecule is CON(C)C(=O)C1=CC(=C=O)N(CCCN(C)C)C=C1. The number of allylic oxidation sites excluding steroid dienone is 1. The van der Waals surface area contributed by atoms with Gasteiger partial charge in [0.1, 0.15) is 5.70 Å². The van der Waals surface area contributed by atoms with Crippen molar-refractivity contribution in [3.63, 3.8) is 0 Å². The van der Waals surface area contributed by atoms with E-state index in [9.17, 15) is 9.59 Å². The molecule has 0 aromatic carbocycles. The van der Waals surface area contributed by atoms with Gasteiger partial charge in [0.2, 0.25) is 0 Å². The van der Waals surface area contributed by atoms with Crippen LogP contribution < -0.4 is 0 Å². The van der Waals surface area contributed by atoms with Gasteiger partial charge in [-0.25, -0.2) is 9.86 Å². The van der Waals surface area contributed by atoms with Gasteiger partial charge in [0.05, 0.1) is 7.11 Å². The van der Waals surface area contributed by atoms with Crippen LogP contribution in [-0.2, 0) is 14.4 Å². The van der Waals surface area contributed by atoms with Gasteiger partial charge in [-0.15, -0.1) is 0 Å². The van der Waals surface area contributed by atoms with Crippen LogP contribution in [0.4, 0.5) is 0 Å². The number of hydrogen-bond donors (Lipinski definition) is 0. The third-order valence-corrected chi connectivity index (χ3v) is 2.95. The highest BCUT2D eigenvalue weighted by atomic mass is 16.7. The summed E-state index contributed by atoms with van der Waals surface area (Å²) in [6.07, 6.45) is 5.85. The standard InChI is InChI=1S/C14H21N3O3/c1-15(2)7-5-8-17-9-6-12(10-13(17)11-18)14(19)16(3)20-4/h6,9-10H,5,7-8H2,1-4H3. The van der Waals surface area contributed by atoms with Crippen LogP contribution in [0.5, 0.6) is 0 Å². The molecule has 0 aromatic heterocycles. The van der Waals surface area contributed by atoms with E-state index in [1.165, 1.54) is 20.2 Å². The smallest absolute Gasteiger partial charge is 0.277 e. The van der Waals surface area contributed by atoms with Crippen molar-refractivity contribution >= 4 is 11.8 Å². The zero-order valence-electron chi connectivity index (χ0n) is 12.4. The van der Waals surface area contributed by atoms with E-state index in [2.05, 4.69) is 4.90 Å². The van der Waals surface area contributed by atoms with Crippen LogP contribution in [0.1, 0.15) is 6.42 Å². The van der Waals surface area contributed by atoms with Gasteiger partial charge in [-0.05, 0) is 39.2 Å². The average molecular weight is 279 g/mol. The molecule has 0 bridgehead atoms. The van der Waals surface area contributed by atoms with Crippen molar-refractivity contribution in [1.82, 2.24) is 14.9 Å². The molecule has 110 valence electrons. The molecule has 0 radical (unpaired) electrons. The lowest BCUT2D eigenvalue weighted by Crippen LogP contribution is -2.29. The van der Waals surface area contributed by atoms with E-state index >= 15 is 0 Å². The number of carbonyl (C=O) groups is 1. The number of hydroxylamine groups is 2. The highest BCUT2D eigenvalue weighted by Gasteiger charge is 2.18. The highest BCUT2D eigenvalue weighted by Crippen LogP contribution is 2.17. The van der Waals surface area contributed by atoms with E-state index in [-0.39, 0.29) is 5.91 Å². The maximum absolute atomic E-state index is 11.9. The largest absolute Gasteiger partial charge is 0.339 e. The Balaban J connectivity index is 2.71. The van der Waals surface area contributed by atoms with Crippen LogP contribution in [0.3, 0.4) is 0 Å². The summed E-state index contributed by atoms with van der Waals surface area (Å²) in [5.74, 6) is 1.57. The Bertz CT molecular complexity index is 462. The van der Waals surface area contributed by atoms with E-state index in [0.717, 1.165) is 18.0 Å². The summed E-state index contributed by atoms with van der Waals surface area (Å²) in [6, 6.07) is 0. The van der Waals surface area contributed by atoms with E-state index in [0.29, 0.717) is 17.8 Å². The lowest BCUT2D eigenvalue weighted by Gasteiger charge is -2.24. The van der Waals surface area contributed by atoms with Crippen LogP contribution in [0.15, 0.2) is 29.6 Å². The molecule has 6 heteroatoms. The molecule has 0 saturated carbocycles. The molecule has 0 N–H and O–H groups in total. The van der Waals surface area contributed by atoms with Crippen LogP contribution in [0.2, 0.25) is 0 Å². The minimum absolute atomic E-state index is 0.301. The minimum atomic E-state index is -0.301. The Morgan fingerprint density at radius 1 is 1.40 bits per heavy atom. The molecule has 6 nitrogen and oxygen atoms in total. The molecule has 1 rings (SSSR count). The number of nitrogens with zero attached hydrogens (tertiary/aromatic N) is 3. The maximum atomic E-state index is 11.9. The Labute approximate surface area is 119 Å². The average Bonchev–Trinajstić information content (AvgIpc) is 2.45. The number of carbonyl (C=O) groups excluding carboxylic acids is 2. The van der Waals surface area contributed by atoms with Crippen molar-refractivity contribution in [2.45, 2.75) is 6.42 Å². The number of likely N-dealkylation sites (N-methyl/N-ethyl adjacent to an activating group) is 1. The second-order valence-corrected chi connectivity index (χ2v) is 4.74. The molecule has 0 unspecified atom stereocenters. The Hall–Kier alpha value is -1.88. The predicted molar refractivity (Wildman–Crippen MR) is 76.1 cm³/mol. The second-order valence-electron chi connectivity index (χ2n) is 4.74. The highest BCUT2D eigenvalue weighted by molar-refractivity contribution is 5.96. The fourth-order valence-corrected chi connectivity index (χ4v) is 1.77. The monoisotopic (exact) mass is 279 g/mol. The number of hydrogen-bond acceptors (Lipinski definition) is 5. The normalized spacial score (nSPS) is 14.3. The molecular formula is C14H21N3O3. The second kappa shape index (κ2) is 7.65. The van der Waals surface area contributed by atoms with Crippen molar-refractivity contribution in [3.05, 3.63) is 29.6 Å². The third kappa shape index (κ3) is 4.35. The molecule has 0 fully saturated rings. The van der Waals surface area contributed by atoms with Crippen molar-refractivity contribution in [2.75, 3.05) is 41.3 Å². The first-order valence-electron chi connectivity index (χ1n) is 6.38. The summed E-state index contributed by atoms with van der Waals surface area (Å²) in [7, 11) is 6.93. The molecule has 0 aromatic rings. The van der Waals surface area contributed by atoms with Gasteiger partial charge in [0.25, 0.3) is 5.91 Å². The summed E-state index contributed by atoms with van der Waals surface area (Å²) < 4.78 is 0. The fraction of sp³-hybridized carbons (Fsp3) is 0.500. The number of amides is 1. The van der Waals surface area contributed by atoms with Gasteiger partial charge >= 0.3 is 0 Å². The molecule has 20 heavy (non-hydrogen) atoms. The van der Waals surface area contributed by atoms with E-state index in [1.54, 1.807) is 17.2 Å². The van der Waals surface area contributed by atoms with E-state index < -0.39 is 0 Å².